The molecule has 0 spiro atoms. The Hall–Kier alpha value is -0.250. The molecule has 0 unspecified atom stereocenters. The first-order valence-electron chi connectivity index (χ1n) is 8.66. The van der Waals surface area contributed by atoms with E-state index in [9.17, 15) is 18.3 Å². The number of guanidine groups is 1. The molecule has 0 atom stereocenters. The van der Waals surface area contributed by atoms with Gasteiger partial charge in [-0.15, -0.1) is 24.0 Å². The molecule has 2 fully saturated rings. The lowest BCUT2D eigenvalue weighted by Crippen LogP contribution is -2.46. The first kappa shape index (κ1) is 21.8. The summed E-state index contributed by atoms with van der Waals surface area (Å²) in [7, 11) is 0. The van der Waals surface area contributed by atoms with Crippen LogP contribution in [0, 0.1) is 5.92 Å². The number of aliphatic imine (C=N–C) groups is 1. The van der Waals surface area contributed by atoms with Crippen molar-refractivity contribution in [3.05, 3.63) is 0 Å². The van der Waals surface area contributed by atoms with Crippen LogP contribution in [0.2, 0.25) is 0 Å². The van der Waals surface area contributed by atoms with E-state index in [2.05, 4.69) is 15.6 Å². The minimum atomic E-state index is -4.07. The second-order valence-electron chi connectivity index (χ2n) is 6.86. The Labute approximate surface area is 159 Å². The quantitative estimate of drug-likeness (QED) is 0.340. The van der Waals surface area contributed by atoms with Crippen molar-refractivity contribution in [2.75, 3.05) is 13.1 Å². The monoisotopic (exact) mass is 463 g/mol. The highest BCUT2D eigenvalue weighted by Crippen LogP contribution is 2.37. The molecule has 3 N–H and O–H groups in total. The zero-order chi connectivity index (χ0) is 16.9. The van der Waals surface area contributed by atoms with Gasteiger partial charge in [0.2, 0.25) is 0 Å². The van der Waals surface area contributed by atoms with Gasteiger partial charge in [0.25, 0.3) is 0 Å². The van der Waals surface area contributed by atoms with Gasteiger partial charge in [-0.3, -0.25) is 4.99 Å². The van der Waals surface area contributed by atoms with Crippen LogP contribution >= 0.6 is 24.0 Å². The standard InChI is InChI=1S/C16H28F3N3O.HI/c1-2-20-14(21-11-15(23)9-3-4-10-15)22-13-7-5-12(6-8-13)16(17,18)19;/h12-13,23H,2-11H2,1H3,(H2,20,21,22);1H. The van der Waals surface area contributed by atoms with E-state index in [1.54, 1.807) is 0 Å². The second-order valence-corrected chi connectivity index (χ2v) is 6.86. The van der Waals surface area contributed by atoms with Crippen LogP contribution in [0.3, 0.4) is 0 Å². The molecule has 24 heavy (non-hydrogen) atoms. The molecule has 0 saturated heterocycles. The summed E-state index contributed by atoms with van der Waals surface area (Å²) in [6.07, 6.45) is 0.857. The zero-order valence-corrected chi connectivity index (χ0v) is 16.5. The highest BCUT2D eigenvalue weighted by atomic mass is 127. The van der Waals surface area contributed by atoms with Crippen molar-refractivity contribution < 1.29 is 18.3 Å². The highest BCUT2D eigenvalue weighted by molar-refractivity contribution is 14.0. The maximum absolute atomic E-state index is 12.7. The van der Waals surface area contributed by atoms with Gasteiger partial charge in [-0.1, -0.05) is 12.8 Å². The minimum absolute atomic E-state index is 0. The van der Waals surface area contributed by atoms with Crippen molar-refractivity contribution in [1.29, 1.82) is 0 Å². The molecule has 8 heteroatoms. The van der Waals surface area contributed by atoms with Crippen LogP contribution in [0.1, 0.15) is 58.3 Å². The van der Waals surface area contributed by atoms with Crippen LogP contribution in [-0.4, -0.2) is 42.0 Å². The Bertz CT molecular complexity index is 404. The van der Waals surface area contributed by atoms with E-state index in [0.29, 0.717) is 31.9 Å². The summed E-state index contributed by atoms with van der Waals surface area (Å²) < 4.78 is 38.1. The maximum Gasteiger partial charge on any atom is 0.391 e. The molecule has 0 amide bonds. The van der Waals surface area contributed by atoms with Crippen molar-refractivity contribution in [3.63, 3.8) is 0 Å². The fourth-order valence-electron chi connectivity index (χ4n) is 3.50. The van der Waals surface area contributed by atoms with Crippen molar-refractivity contribution >= 4 is 29.9 Å². The predicted molar refractivity (Wildman–Crippen MR) is 99.7 cm³/mol. The smallest absolute Gasteiger partial charge is 0.388 e. The number of alkyl halides is 3. The molecule has 0 aliphatic heterocycles. The molecule has 0 aromatic heterocycles. The molecule has 0 aromatic rings. The molecule has 0 bridgehead atoms. The van der Waals surface area contributed by atoms with Crippen LogP contribution in [0.5, 0.6) is 0 Å². The number of aliphatic hydroxyl groups is 1. The fourth-order valence-corrected chi connectivity index (χ4v) is 3.50. The summed E-state index contributed by atoms with van der Waals surface area (Å²) in [4.78, 5) is 4.45. The third-order valence-electron chi connectivity index (χ3n) is 4.94. The van der Waals surface area contributed by atoms with Gasteiger partial charge < -0.3 is 15.7 Å². The molecule has 142 valence electrons. The Morgan fingerprint density at radius 1 is 1.17 bits per heavy atom. The number of rotatable bonds is 4. The Balaban J connectivity index is 0.00000288. The van der Waals surface area contributed by atoms with Gasteiger partial charge in [0.1, 0.15) is 0 Å². The van der Waals surface area contributed by atoms with Gasteiger partial charge in [0.05, 0.1) is 18.1 Å². The summed E-state index contributed by atoms with van der Waals surface area (Å²) in [6.45, 7) is 2.98. The van der Waals surface area contributed by atoms with E-state index in [0.717, 1.165) is 25.7 Å². The van der Waals surface area contributed by atoms with E-state index in [-0.39, 0.29) is 42.9 Å². The van der Waals surface area contributed by atoms with Crippen molar-refractivity contribution in [2.45, 2.75) is 76.1 Å². The Morgan fingerprint density at radius 3 is 2.25 bits per heavy atom. The van der Waals surface area contributed by atoms with Crippen LogP contribution < -0.4 is 10.6 Å². The number of nitrogens with one attached hydrogen (secondary N) is 2. The minimum Gasteiger partial charge on any atom is -0.388 e. The Morgan fingerprint density at radius 2 is 1.75 bits per heavy atom. The highest BCUT2D eigenvalue weighted by Gasteiger charge is 2.41. The first-order chi connectivity index (χ1) is 10.8. The van der Waals surface area contributed by atoms with Crippen LogP contribution in [0.4, 0.5) is 13.2 Å². The topological polar surface area (TPSA) is 56.7 Å². The first-order valence-corrected chi connectivity index (χ1v) is 8.66. The van der Waals surface area contributed by atoms with Gasteiger partial charge in [0, 0.05) is 12.6 Å². The zero-order valence-electron chi connectivity index (χ0n) is 14.2. The average Bonchev–Trinajstić information content (AvgIpc) is 2.92. The summed E-state index contributed by atoms with van der Waals surface area (Å²) in [5, 5.41) is 16.7. The third-order valence-corrected chi connectivity index (χ3v) is 4.94. The predicted octanol–water partition coefficient (Wildman–Crippen LogP) is 3.59. The van der Waals surface area contributed by atoms with E-state index in [1.807, 2.05) is 6.92 Å². The van der Waals surface area contributed by atoms with E-state index >= 15 is 0 Å². The van der Waals surface area contributed by atoms with Crippen molar-refractivity contribution in [1.82, 2.24) is 10.6 Å². The summed E-state index contributed by atoms with van der Waals surface area (Å²) >= 11 is 0. The Kier molecular flexibility index (Phi) is 8.58. The maximum atomic E-state index is 12.7. The van der Waals surface area contributed by atoms with Gasteiger partial charge in [0.15, 0.2) is 5.96 Å². The molecule has 2 saturated carbocycles. The fraction of sp³-hybridized carbons (Fsp3) is 0.938. The number of hydrogen-bond acceptors (Lipinski definition) is 2. The third kappa shape index (κ3) is 6.57. The number of nitrogens with zero attached hydrogens (tertiary/aromatic N) is 1. The molecular formula is C16H29F3IN3O. The van der Waals surface area contributed by atoms with Gasteiger partial charge in [-0.05, 0) is 45.4 Å². The van der Waals surface area contributed by atoms with Crippen LogP contribution in [-0.2, 0) is 0 Å². The average molecular weight is 463 g/mol. The summed E-state index contributed by atoms with van der Waals surface area (Å²) in [6, 6.07) is 0.0182. The SMILES string of the molecule is CCNC(=NCC1(O)CCCC1)NC1CCC(C(F)(F)F)CC1.I. The van der Waals surface area contributed by atoms with Crippen molar-refractivity contribution in [2.24, 2.45) is 10.9 Å². The number of halogens is 4. The lowest BCUT2D eigenvalue weighted by atomic mass is 9.85. The van der Waals surface area contributed by atoms with Crippen LogP contribution in [0.25, 0.3) is 0 Å². The molecular weight excluding hydrogens is 434 g/mol. The summed E-state index contributed by atoms with van der Waals surface area (Å²) in [5.74, 6) is -0.567. The van der Waals surface area contributed by atoms with Gasteiger partial charge in [-0.2, -0.15) is 13.2 Å². The molecule has 0 radical (unpaired) electrons. The number of hydrogen-bond donors (Lipinski definition) is 3. The van der Waals surface area contributed by atoms with Gasteiger partial charge >= 0.3 is 6.18 Å². The molecule has 2 rings (SSSR count). The van der Waals surface area contributed by atoms with Gasteiger partial charge in [-0.25, -0.2) is 0 Å². The van der Waals surface area contributed by atoms with Crippen molar-refractivity contribution in [3.8, 4) is 0 Å². The summed E-state index contributed by atoms with van der Waals surface area (Å²) in [5.41, 5.74) is -0.712. The normalized spacial score (nSPS) is 27.5. The lowest BCUT2D eigenvalue weighted by Gasteiger charge is -2.31. The lowest BCUT2D eigenvalue weighted by molar-refractivity contribution is -0.182. The van der Waals surface area contributed by atoms with E-state index < -0.39 is 17.7 Å². The van der Waals surface area contributed by atoms with Crippen LogP contribution in [0.15, 0.2) is 4.99 Å². The molecule has 2 aliphatic rings. The second kappa shape index (κ2) is 9.45. The molecule has 4 nitrogen and oxygen atoms in total. The molecule has 0 aromatic carbocycles. The van der Waals surface area contributed by atoms with E-state index in [4.69, 9.17) is 0 Å². The van der Waals surface area contributed by atoms with E-state index in [1.165, 1.54) is 0 Å². The molecule has 0 heterocycles. The largest absolute Gasteiger partial charge is 0.391 e. The molecule has 2 aliphatic carbocycles.